The highest BCUT2D eigenvalue weighted by molar-refractivity contribution is 6.33. The van der Waals surface area contributed by atoms with Crippen LogP contribution in [-0.2, 0) is 0 Å². The van der Waals surface area contributed by atoms with E-state index in [9.17, 15) is 4.79 Å². The summed E-state index contributed by atoms with van der Waals surface area (Å²) in [5.41, 5.74) is 3.24. The van der Waals surface area contributed by atoms with E-state index < -0.39 is 0 Å². The van der Waals surface area contributed by atoms with E-state index in [1.807, 2.05) is 32.0 Å². The van der Waals surface area contributed by atoms with Crippen molar-refractivity contribution < 1.29 is 4.79 Å². The number of carbonyl (C=O) groups is 1. The predicted octanol–water partition coefficient (Wildman–Crippen LogP) is 6.13. The van der Waals surface area contributed by atoms with Crippen LogP contribution in [0.3, 0.4) is 0 Å². The summed E-state index contributed by atoms with van der Waals surface area (Å²) < 4.78 is 0. The van der Waals surface area contributed by atoms with Crippen LogP contribution in [0, 0.1) is 0 Å². The highest BCUT2D eigenvalue weighted by Crippen LogP contribution is 2.27. The Hall–Kier alpha value is -3.12. The number of hydrogen-bond acceptors (Lipinski definition) is 5. The molecule has 6 nitrogen and oxygen atoms in total. The number of aromatic nitrogens is 2. The highest BCUT2D eigenvalue weighted by Gasteiger charge is 2.12. The molecule has 2 aromatic carbocycles. The summed E-state index contributed by atoms with van der Waals surface area (Å²) in [7, 11) is 1.59. The first-order valence-corrected chi connectivity index (χ1v) is 10.3. The molecule has 1 aromatic heterocycles. The fourth-order valence-electron chi connectivity index (χ4n) is 2.65. The lowest BCUT2D eigenvalue weighted by Gasteiger charge is -2.13. The second kappa shape index (κ2) is 11.2. The summed E-state index contributed by atoms with van der Waals surface area (Å²) in [6.45, 7) is 8.30. The van der Waals surface area contributed by atoms with Crippen molar-refractivity contribution in [3.8, 4) is 0 Å². The zero-order valence-corrected chi connectivity index (χ0v) is 18.7. The quantitative estimate of drug-likeness (QED) is 0.443. The number of halogens is 1. The van der Waals surface area contributed by atoms with E-state index in [2.05, 4.69) is 51.9 Å². The second-order valence-electron chi connectivity index (χ2n) is 6.54. The third-order valence-electron chi connectivity index (χ3n) is 4.23. The van der Waals surface area contributed by atoms with Crippen LogP contribution >= 0.6 is 11.6 Å². The second-order valence-corrected chi connectivity index (χ2v) is 6.95. The minimum atomic E-state index is -0.197. The summed E-state index contributed by atoms with van der Waals surface area (Å²) in [6, 6.07) is 15.3. The van der Waals surface area contributed by atoms with Gasteiger partial charge in [-0.2, -0.15) is 4.98 Å². The van der Waals surface area contributed by atoms with Crippen LogP contribution in [-0.4, -0.2) is 22.9 Å². The lowest BCUT2D eigenvalue weighted by molar-refractivity contribution is 0.0964. The van der Waals surface area contributed by atoms with Crippen molar-refractivity contribution in [2.45, 2.75) is 33.6 Å². The maximum Gasteiger partial charge on any atom is 0.253 e. The summed E-state index contributed by atoms with van der Waals surface area (Å²) in [6.07, 6.45) is 1.52. The van der Waals surface area contributed by atoms with Crippen LogP contribution in [0.25, 0.3) is 0 Å². The van der Waals surface area contributed by atoms with Crippen LogP contribution in [0.2, 0.25) is 5.02 Å². The molecule has 0 aliphatic carbocycles. The molecule has 0 fully saturated rings. The molecule has 1 amide bonds. The molecule has 7 heteroatoms. The molecule has 0 saturated carbocycles. The van der Waals surface area contributed by atoms with E-state index in [-0.39, 0.29) is 5.91 Å². The van der Waals surface area contributed by atoms with Crippen molar-refractivity contribution in [1.82, 2.24) is 15.3 Å². The average molecular weight is 426 g/mol. The zero-order chi connectivity index (χ0) is 22.1. The van der Waals surface area contributed by atoms with Crippen LogP contribution in [0.5, 0.6) is 0 Å². The molecule has 0 spiro atoms. The summed E-state index contributed by atoms with van der Waals surface area (Å²) in [5, 5.41) is 9.27. The van der Waals surface area contributed by atoms with E-state index in [0.717, 1.165) is 5.69 Å². The Morgan fingerprint density at radius 1 is 1.00 bits per heavy atom. The fourth-order valence-corrected chi connectivity index (χ4v) is 2.79. The van der Waals surface area contributed by atoms with E-state index in [4.69, 9.17) is 11.6 Å². The van der Waals surface area contributed by atoms with Gasteiger partial charge in [-0.25, -0.2) is 4.98 Å². The van der Waals surface area contributed by atoms with Gasteiger partial charge >= 0.3 is 0 Å². The molecule has 0 unspecified atom stereocenters. The smallest absolute Gasteiger partial charge is 0.253 e. The third kappa shape index (κ3) is 5.94. The largest absolute Gasteiger partial charge is 0.355 e. The number of benzene rings is 2. The zero-order valence-electron chi connectivity index (χ0n) is 18.0. The first kappa shape index (κ1) is 23.2. The number of para-hydroxylation sites is 1. The Labute approximate surface area is 183 Å². The minimum Gasteiger partial charge on any atom is -0.355 e. The Kier molecular flexibility index (Phi) is 8.62. The SMILES string of the molecule is CC.CNC(=O)c1ccccc1Nc1nc(Nc2ccc(C(C)C)cc2)ncc1Cl. The van der Waals surface area contributed by atoms with Gasteiger partial charge in [-0.05, 0) is 35.7 Å². The van der Waals surface area contributed by atoms with Gasteiger partial charge in [0.25, 0.3) is 5.91 Å². The van der Waals surface area contributed by atoms with Gasteiger partial charge in [0.2, 0.25) is 5.95 Å². The van der Waals surface area contributed by atoms with Crippen LogP contribution in [0.1, 0.15) is 49.5 Å². The molecule has 0 bridgehead atoms. The number of anilines is 4. The molecular weight excluding hydrogens is 398 g/mol. The van der Waals surface area contributed by atoms with Crippen molar-refractivity contribution in [3.05, 3.63) is 70.9 Å². The van der Waals surface area contributed by atoms with Gasteiger partial charge in [0.1, 0.15) is 5.02 Å². The first-order chi connectivity index (χ1) is 14.5. The molecule has 0 aliphatic heterocycles. The van der Waals surface area contributed by atoms with Gasteiger partial charge < -0.3 is 16.0 Å². The Balaban J connectivity index is 0.00000155. The average Bonchev–Trinajstić information content (AvgIpc) is 2.77. The standard InChI is InChI=1S/C21H22ClN5O.C2H6/c1-13(2)14-8-10-15(11-9-14)25-21-24-12-17(22)19(27-21)26-18-7-5-4-6-16(18)20(28)23-3;1-2/h4-13H,1-3H3,(H,23,28)(H2,24,25,26,27);1-2H3. The van der Waals surface area contributed by atoms with E-state index in [1.54, 1.807) is 25.2 Å². The highest BCUT2D eigenvalue weighted by atomic mass is 35.5. The van der Waals surface area contributed by atoms with E-state index >= 15 is 0 Å². The molecule has 0 aliphatic rings. The molecule has 3 rings (SSSR count). The van der Waals surface area contributed by atoms with E-state index in [0.29, 0.717) is 34.0 Å². The molecule has 0 atom stereocenters. The van der Waals surface area contributed by atoms with Crippen molar-refractivity contribution in [2.24, 2.45) is 0 Å². The lowest BCUT2D eigenvalue weighted by atomic mass is 10.0. The number of nitrogens with one attached hydrogen (secondary N) is 3. The van der Waals surface area contributed by atoms with Crippen LogP contribution in [0.15, 0.2) is 54.7 Å². The van der Waals surface area contributed by atoms with Crippen molar-refractivity contribution in [3.63, 3.8) is 0 Å². The van der Waals surface area contributed by atoms with Gasteiger partial charge in [0.05, 0.1) is 17.4 Å². The Bertz CT molecular complexity index is 974. The van der Waals surface area contributed by atoms with Crippen molar-refractivity contribution in [2.75, 3.05) is 17.7 Å². The molecule has 3 aromatic rings. The molecule has 158 valence electrons. The molecule has 1 heterocycles. The summed E-state index contributed by atoms with van der Waals surface area (Å²) in [4.78, 5) is 20.7. The van der Waals surface area contributed by atoms with Crippen LogP contribution < -0.4 is 16.0 Å². The number of nitrogens with zero attached hydrogens (tertiary/aromatic N) is 2. The van der Waals surface area contributed by atoms with Gasteiger partial charge in [0.15, 0.2) is 5.82 Å². The third-order valence-corrected chi connectivity index (χ3v) is 4.51. The van der Waals surface area contributed by atoms with Crippen molar-refractivity contribution in [1.29, 1.82) is 0 Å². The first-order valence-electron chi connectivity index (χ1n) is 9.95. The molecular formula is C23H28ClN5O. The number of amides is 1. The molecule has 30 heavy (non-hydrogen) atoms. The maximum atomic E-state index is 12.1. The monoisotopic (exact) mass is 425 g/mol. The number of rotatable bonds is 6. The van der Waals surface area contributed by atoms with Crippen LogP contribution in [0.4, 0.5) is 23.1 Å². The minimum absolute atomic E-state index is 0.197. The van der Waals surface area contributed by atoms with Gasteiger partial charge in [-0.15, -0.1) is 0 Å². The maximum absolute atomic E-state index is 12.1. The lowest BCUT2D eigenvalue weighted by Crippen LogP contribution is -2.19. The van der Waals surface area contributed by atoms with Gasteiger partial charge in [-0.3, -0.25) is 4.79 Å². The topological polar surface area (TPSA) is 78.9 Å². The fraction of sp³-hybridized carbons (Fsp3) is 0.261. The molecule has 3 N–H and O–H groups in total. The van der Waals surface area contributed by atoms with Crippen molar-refractivity contribution >= 4 is 40.6 Å². The van der Waals surface area contributed by atoms with Gasteiger partial charge in [-0.1, -0.05) is 63.6 Å². The summed E-state index contributed by atoms with van der Waals surface area (Å²) in [5.74, 6) is 1.09. The number of carbonyl (C=O) groups excluding carboxylic acids is 1. The normalized spacial score (nSPS) is 10.1. The summed E-state index contributed by atoms with van der Waals surface area (Å²) >= 11 is 6.25. The Morgan fingerprint density at radius 3 is 2.30 bits per heavy atom. The van der Waals surface area contributed by atoms with Gasteiger partial charge in [0, 0.05) is 12.7 Å². The number of hydrogen-bond donors (Lipinski definition) is 3. The van der Waals surface area contributed by atoms with E-state index in [1.165, 1.54) is 11.8 Å². The Morgan fingerprint density at radius 2 is 1.67 bits per heavy atom. The predicted molar refractivity (Wildman–Crippen MR) is 125 cm³/mol. The molecule has 0 radical (unpaired) electrons. The molecule has 0 saturated heterocycles.